The summed E-state index contributed by atoms with van der Waals surface area (Å²) in [6.45, 7) is 9.68. The number of nitrogens with zero attached hydrogens (tertiary/aromatic N) is 2. The number of hydrogen-bond acceptors (Lipinski definition) is 5. The fraction of sp³-hybridized carbons (Fsp3) is 0.778. The third-order valence-electron chi connectivity index (χ3n) is 3.01. The van der Waals surface area contributed by atoms with Crippen LogP contribution in [0.2, 0.25) is 0 Å². The van der Waals surface area contributed by atoms with Gasteiger partial charge in [0.1, 0.15) is 0 Å². The van der Waals surface area contributed by atoms with Crippen molar-refractivity contribution in [2.45, 2.75) is 45.8 Å². The third kappa shape index (κ3) is 1.68. The van der Waals surface area contributed by atoms with E-state index < -0.39 is 7.12 Å². The Morgan fingerprint density at radius 1 is 1.07 bits per heavy atom. The molecule has 6 heteroatoms. The second-order valence-corrected chi connectivity index (χ2v) is 4.76. The van der Waals surface area contributed by atoms with Gasteiger partial charge in [-0.3, -0.25) is 0 Å². The monoisotopic (exact) mass is 210 g/mol. The molecule has 1 aromatic heterocycles. The molecule has 15 heavy (non-hydrogen) atoms. The van der Waals surface area contributed by atoms with Crippen molar-refractivity contribution in [2.75, 3.05) is 0 Å². The van der Waals surface area contributed by atoms with Gasteiger partial charge in [-0.2, -0.15) is 0 Å². The van der Waals surface area contributed by atoms with E-state index >= 15 is 0 Å². The summed E-state index contributed by atoms with van der Waals surface area (Å²) in [5.41, 5.74) is -0.288. The minimum absolute atomic E-state index is 0.369. The standard InChI is InChI=1S/C9H15BN2O3/c1-6-11-7(12-13-6)10-14-8(2,3)9(4,5)15-10/h1-5H3. The first-order chi connectivity index (χ1) is 6.82. The topological polar surface area (TPSA) is 57.4 Å². The largest absolute Gasteiger partial charge is 0.538 e. The summed E-state index contributed by atoms with van der Waals surface area (Å²) in [7, 11) is -0.535. The highest BCUT2D eigenvalue weighted by atomic mass is 16.7. The van der Waals surface area contributed by atoms with Crippen LogP contribution in [0.1, 0.15) is 33.6 Å². The quantitative estimate of drug-likeness (QED) is 0.637. The molecule has 0 amide bonds. The van der Waals surface area contributed by atoms with Crippen molar-refractivity contribution in [2.24, 2.45) is 0 Å². The molecule has 0 N–H and O–H groups in total. The van der Waals surface area contributed by atoms with Gasteiger partial charge in [0, 0.05) is 6.92 Å². The summed E-state index contributed by atoms with van der Waals surface area (Å²) in [5.74, 6) is 0.514. The molecule has 1 aromatic rings. The molecular weight excluding hydrogens is 195 g/mol. The van der Waals surface area contributed by atoms with Crippen LogP contribution in [-0.4, -0.2) is 28.5 Å². The third-order valence-corrected chi connectivity index (χ3v) is 3.01. The molecule has 2 heterocycles. The van der Waals surface area contributed by atoms with Gasteiger partial charge < -0.3 is 13.8 Å². The van der Waals surface area contributed by atoms with Crippen molar-refractivity contribution in [3.8, 4) is 0 Å². The molecule has 0 saturated carbocycles. The van der Waals surface area contributed by atoms with Gasteiger partial charge in [-0.05, 0) is 27.7 Å². The molecule has 1 aliphatic rings. The number of aromatic nitrogens is 2. The van der Waals surface area contributed by atoms with Gasteiger partial charge in [0.05, 0.1) is 11.2 Å². The van der Waals surface area contributed by atoms with E-state index in [-0.39, 0.29) is 11.2 Å². The molecule has 0 spiro atoms. The minimum Gasteiger partial charge on any atom is -0.397 e. The van der Waals surface area contributed by atoms with E-state index in [1.807, 2.05) is 27.7 Å². The highest BCUT2D eigenvalue weighted by Crippen LogP contribution is 2.36. The van der Waals surface area contributed by atoms with Crippen molar-refractivity contribution in [1.82, 2.24) is 10.1 Å². The zero-order chi connectivity index (χ0) is 11.3. The second-order valence-electron chi connectivity index (χ2n) is 4.76. The summed E-state index contributed by atoms with van der Waals surface area (Å²) in [5, 5.41) is 3.79. The predicted octanol–water partition coefficient (Wildman–Crippen LogP) is 0.677. The van der Waals surface area contributed by atoms with Gasteiger partial charge in [-0.25, -0.2) is 4.98 Å². The molecule has 1 fully saturated rings. The predicted molar refractivity (Wildman–Crippen MR) is 54.8 cm³/mol. The molecule has 0 aliphatic carbocycles. The van der Waals surface area contributed by atoms with Gasteiger partial charge in [0.25, 0.3) is 0 Å². The minimum atomic E-state index is -0.535. The van der Waals surface area contributed by atoms with E-state index in [2.05, 4.69) is 10.1 Å². The molecule has 0 bridgehead atoms. The van der Waals surface area contributed by atoms with Crippen LogP contribution in [-0.2, 0) is 9.31 Å². The van der Waals surface area contributed by atoms with Crippen LogP contribution in [0.25, 0.3) is 0 Å². The van der Waals surface area contributed by atoms with Gasteiger partial charge in [-0.1, -0.05) is 5.16 Å². The van der Waals surface area contributed by atoms with E-state index in [0.29, 0.717) is 11.6 Å². The highest BCUT2D eigenvalue weighted by molar-refractivity contribution is 6.60. The Morgan fingerprint density at radius 2 is 1.60 bits per heavy atom. The lowest BCUT2D eigenvalue weighted by atomic mass is 9.89. The number of aryl methyl sites for hydroxylation is 1. The number of rotatable bonds is 1. The van der Waals surface area contributed by atoms with Crippen LogP contribution in [0.5, 0.6) is 0 Å². The van der Waals surface area contributed by atoms with Crippen LogP contribution >= 0.6 is 0 Å². The lowest BCUT2D eigenvalue weighted by Crippen LogP contribution is -2.41. The second kappa shape index (κ2) is 3.06. The van der Waals surface area contributed by atoms with Gasteiger partial charge in [0.2, 0.25) is 11.6 Å². The maximum absolute atomic E-state index is 5.76. The Hall–Kier alpha value is -0.875. The van der Waals surface area contributed by atoms with Crippen LogP contribution in [0, 0.1) is 6.92 Å². The van der Waals surface area contributed by atoms with Crippen LogP contribution in [0.4, 0.5) is 0 Å². The molecule has 1 saturated heterocycles. The lowest BCUT2D eigenvalue weighted by Gasteiger charge is -2.32. The van der Waals surface area contributed by atoms with E-state index in [1.54, 1.807) is 6.92 Å². The van der Waals surface area contributed by atoms with Crippen molar-refractivity contribution >= 4 is 12.8 Å². The molecule has 82 valence electrons. The maximum atomic E-state index is 5.76. The zero-order valence-electron chi connectivity index (χ0n) is 9.70. The first-order valence-corrected chi connectivity index (χ1v) is 4.98. The van der Waals surface area contributed by atoms with E-state index in [4.69, 9.17) is 13.8 Å². The number of hydrogen-bond donors (Lipinski definition) is 0. The van der Waals surface area contributed by atoms with E-state index in [1.165, 1.54) is 0 Å². The van der Waals surface area contributed by atoms with Gasteiger partial charge >= 0.3 is 7.12 Å². The fourth-order valence-electron chi connectivity index (χ4n) is 1.36. The van der Waals surface area contributed by atoms with Gasteiger partial charge in [0.15, 0.2) is 0 Å². The zero-order valence-corrected chi connectivity index (χ0v) is 9.70. The summed E-state index contributed by atoms with van der Waals surface area (Å²) >= 11 is 0. The average molecular weight is 210 g/mol. The Balaban J connectivity index is 2.23. The lowest BCUT2D eigenvalue weighted by molar-refractivity contribution is 0.00578. The maximum Gasteiger partial charge on any atom is 0.538 e. The van der Waals surface area contributed by atoms with Gasteiger partial charge in [-0.15, -0.1) is 0 Å². The summed E-state index contributed by atoms with van der Waals surface area (Å²) in [4.78, 5) is 4.10. The molecule has 5 nitrogen and oxygen atoms in total. The Morgan fingerprint density at radius 3 is 2.00 bits per heavy atom. The normalized spacial score (nSPS) is 23.4. The van der Waals surface area contributed by atoms with Crippen LogP contribution in [0.15, 0.2) is 4.52 Å². The Bertz CT molecular complexity index is 359. The van der Waals surface area contributed by atoms with Crippen molar-refractivity contribution in [1.29, 1.82) is 0 Å². The summed E-state index contributed by atoms with van der Waals surface area (Å²) in [6, 6.07) is 0. The fourth-order valence-corrected chi connectivity index (χ4v) is 1.36. The first-order valence-electron chi connectivity index (χ1n) is 4.98. The summed E-state index contributed by atoms with van der Waals surface area (Å²) in [6.07, 6.45) is 0. The molecule has 1 aliphatic heterocycles. The highest BCUT2D eigenvalue weighted by Gasteiger charge is 2.53. The van der Waals surface area contributed by atoms with Crippen LogP contribution in [0.3, 0.4) is 0 Å². The van der Waals surface area contributed by atoms with Crippen molar-refractivity contribution in [3.05, 3.63) is 5.89 Å². The molecule has 2 rings (SSSR count). The summed E-state index contributed by atoms with van der Waals surface area (Å²) < 4.78 is 16.4. The molecule has 0 radical (unpaired) electrons. The van der Waals surface area contributed by atoms with Crippen molar-refractivity contribution < 1.29 is 13.8 Å². The molecule has 0 aromatic carbocycles. The van der Waals surface area contributed by atoms with Crippen LogP contribution < -0.4 is 5.72 Å². The Labute approximate surface area is 89.3 Å². The Kier molecular flexibility index (Phi) is 2.17. The molecule has 0 unspecified atom stereocenters. The van der Waals surface area contributed by atoms with E-state index in [0.717, 1.165) is 0 Å². The molecular formula is C9H15BN2O3. The molecule has 0 atom stereocenters. The smallest absolute Gasteiger partial charge is 0.397 e. The SMILES string of the molecule is Cc1nc(B2OC(C)(C)C(C)(C)O2)no1. The van der Waals surface area contributed by atoms with E-state index in [9.17, 15) is 0 Å². The average Bonchev–Trinajstić information content (AvgIpc) is 2.56. The first kappa shape index (κ1) is 10.6. The van der Waals surface area contributed by atoms with Crippen molar-refractivity contribution in [3.63, 3.8) is 0 Å².